The van der Waals surface area contributed by atoms with Crippen molar-refractivity contribution in [1.82, 2.24) is 15.2 Å². The van der Waals surface area contributed by atoms with E-state index in [0.29, 0.717) is 5.56 Å². The van der Waals surface area contributed by atoms with Gasteiger partial charge in [0.2, 0.25) is 0 Å². The lowest BCUT2D eigenvalue weighted by Crippen LogP contribution is -2.44. The van der Waals surface area contributed by atoms with Gasteiger partial charge in [0.1, 0.15) is 5.82 Å². The van der Waals surface area contributed by atoms with Gasteiger partial charge in [0, 0.05) is 38.9 Å². The van der Waals surface area contributed by atoms with E-state index >= 15 is 0 Å². The van der Waals surface area contributed by atoms with Crippen LogP contribution >= 0.6 is 0 Å². The van der Waals surface area contributed by atoms with Crippen molar-refractivity contribution in [3.8, 4) is 0 Å². The number of hydrogen-bond donors (Lipinski definition) is 1. The summed E-state index contributed by atoms with van der Waals surface area (Å²) in [6.07, 6.45) is 18.3. The van der Waals surface area contributed by atoms with Gasteiger partial charge in [-0.25, -0.2) is 4.98 Å². The van der Waals surface area contributed by atoms with Crippen LogP contribution in [0, 0.1) is 10.1 Å². The highest BCUT2D eigenvalue weighted by atomic mass is 16.9. The van der Waals surface area contributed by atoms with Crippen molar-refractivity contribution >= 4 is 11.7 Å². The van der Waals surface area contributed by atoms with Gasteiger partial charge in [0.15, 0.2) is 0 Å². The van der Waals surface area contributed by atoms with Gasteiger partial charge in [-0.1, -0.05) is 77.0 Å². The van der Waals surface area contributed by atoms with Crippen LogP contribution in [-0.2, 0) is 4.84 Å². The highest BCUT2D eigenvalue weighted by Gasteiger charge is 2.15. The zero-order valence-electron chi connectivity index (χ0n) is 22.3. The molecule has 0 unspecified atom stereocenters. The van der Waals surface area contributed by atoms with Gasteiger partial charge >= 0.3 is 0 Å². The van der Waals surface area contributed by atoms with Gasteiger partial charge in [-0.15, -0.1) is 10.1 Å². The highest BCUT2D eigenvalue weighted by Crippen LogP contribution is 2.15. The average molecular weight is 506 g/mol. The van der Waals surface area contributed by atoms with Gasteiger partial charge in [-0.05, 0) is 32.0 Å². The third kappa shape index (κ3) is 13.6. The monoisotopic (exact) mass is 505 g/mol. The second-order valence-corrected chi connectivity index (χ2v) is 9.96. The Bertz CT molecular complexity index is 723. The molecule has 1 fully saturated rings. The van der Waals surface area contributed by atoms with Gasteiger partial charge in [0.25, 0.3) is 11.0 Å². The summed E-state index contributed by atoms with van der Waals surface area (Å²) in [6, 6.07) is 3.84. The second-order valence-electron chi connectivity index (χ2n) is 9.96. The Hall–Kier alpha value is -2.42. The Morgan fingerprint density at radius 2 is 1.42 bits per heavy atom. The summed E-state index contributed by atoms with van der Waals surface area (Å²) in [5.74, 6) is 0.922. The Labute approximate surface area is 217 Å². The normalized spacial score (nSPS) is 14.1. The molecule has 204 valence electrons. The molecule has 1 N–H and O–H groups in total. The fourth-order valence-corrected chi connectivity index (χ4v) is 4.53. The van der Waals surface area contributed by atoms with Gasteiger partial charge in [-0.3, -0.25) is 4.79 Å². The number of rotatable bonds is 20. The number of aromatic nitrogens is 1. The van der Waals surface area contributed by atoms with E-state index in [-0.39, 0.29) is 12.5 Å². The van der Waals surface area contributed by atoms with Gasteiger partial charge < -0.3 is 20.0 Å². The lowest BCUT2D eigenvalue weighted by molar-refractivity contribution is -0.757. The Morgan fingerprint density at radius 1 is 0.889 bits per heavy atom. The number of hydrogen-bond acceptors (Lipinski definition) is 7. The minimum atomic E-state index is -0.714. The van der Waals surface area contributed by atoms with E-state index in [1.807, 2.05) is 12.1 Å². The Kier molecular flexibility index (Phi) is 15.6. The second kappa shape index (κ2) is 18.8. The van der Waals surface area contributed by atoms with Crippen molar-refractivity contribution in [2.45, 2.75) is 89.9 Å². The number of pyridine rings is 1. The van der Waals surface area contributed by atoms with E-state index in [4.69, 9.17) is 0 Å². The summed E-state index contributed by atoms with van der Waals surface area (Å²) in [5.41, 5.74) is 0.634. The van der Waals surface area contributed by atoms with Crippen molar-refractivity contribution in [2.75, 3.05) is 51.3 Å². The van der Waals surface area contributed by atoms with Crippen molar-refractivity contribution in [3.63, 3.8) is 0 Å². The minimum absolute atomic E-state index is 0.0312. The smallest absolute Gasteiger partial charge is 0.294 e. The van der Waals surface area contributed by atoms with Gasteiger partial charge in [0.05, 0.1) is 12.2 Å². The molecule has 0 atom stereocenters. The van der Waals surface area contributed by atoms with Gasteiger partial charge in [-0.2, -0.15) is 0 Å². The zero-order chi connectivity index (χ0) is 25.8. The van der Waals surface area contributed by atoms with Crippen molar-refractivity contribution in [1.29, 1.82) is 0 Å². The van der Waals surface area contributed by atoms with Crippen LogP contribution in [0.3, 0.4) is 0 Å². The third-order valence-corrected chi connectivity index (χ3v) is 6.89. The maximum Gasteiger partial charge on any atom is 0.294 e. The van der Waals surface area contributed by atoms with E-state index < -0.39 is 5.09 Å². The average Bonchev–Trinajstić information content (AvgIpc) is 2.88. The van der Waals surface area contributed by atoms with Crippen LogP contribution < -0.4 is 10.2 Å². The van der Waals surface area contributed by atoms with Crippen molar-refractivity contribution < 1.29 is 14.7 Å². The summed E-state index contributed by atoms with van der Waals surface area (Å²) in [6.45, 7) is 4.99. The van der Waals surface area contributed by atoms with Crippen LogP contribution in [0.4, 0.5) is 5.82 Å². The number of unbranched alkanes of at least 4 members (excludes halogenated alkanes) is 13. The number of nitrogens with zero attached hydrogens (tertiary/aromatic N) is 4. The third-order valence-electron chi connectivity index (χ3n) is 6.89. The number of carbonyl (C=O) groups is 1. The van der Waals surface area contributed by atoms with Crippen molar-refractivity contribution in [2.24, 2.45) is 0 Å². The van der Waals surface area contributed by atoms with E-state index in [2.05, 4.69) is 32.0 Å². The predicted molar refractivity (Wildman–Crippen MR) is 144 cm³/mol. The number of nitrogens with one attached hydrogen (secondary N) is 1. The highest BCUT2D eigenvalue weighted by molar-refractivity contribution is 5.94. The quantitative estimate of drug-likeness (QED) is 0.147. The van der Waals surface area contributed by atoms with Crippen LogP contribution in [0.25, 0.3) is 0 Å². The van der Waals surface area contributed by atoms with E-state index in [9.17, 15) is 14.9 Å². The maximum absolute atomic E-state index is 12.4. The Balaban J connectivity index is 1.35. The first-order chi connectivity index (χ1) is 17.6. The number of amides is 1. The number of likely N-dealkylation sites (N-methyl/N-ethyl adjacent to an activating group) is 1. The van der Waals surface area contributed by atoms with Crippen LogP contribution in [0.1, 0.15) is 100 Å². The standard InChI is InChI=1S/C27H47N5O4/c1-30-19-21-31(22-20-30)26-17-16-25(24-29-26)27(33)28-18-14-12-10-8-6-4-2-3-5-7-9-11-13-15-23-36-32(34)35/h16-17,24H,2-15,18-23H2,1H3,(H,28,33). The molecule has 1 saturated heterocycles. The molecule has 9 heteroatoms. The fraction of sp³-hybridized carbons (Fsp3) is 0.778. The Morgan fingerprint density at radius 3 is 1.92 bits per heavy atom. The molecule has 2 rings (SSSR count). The summed E-state index contributed by atoms with van der Waals surface area (Å²) in [4.78, 5) is 35.8. The zero-order valence-corrected chi connectivity index (χ0v) is 22.3. The molecular weight excluding hydrogens is 458 g/mol. The molecule has 0 spiro atoms. The lowest BCUT2D eigenvalue weighted by Gasteiger charge is -2.33. The molecule has 0 aromatic carbocycles. The summed E-state index contributed by atoms with van der Waals surface area (Å²) < 4.78 is 0. The molecular formula is C27H47N5O4. The van der Waals surface area contributed by atoms with Crippen LogP contribution in [0.2, 0.25) is 0 Å². The summed E-state index contributed by atoms with van der Waals surface area (Å²) >= 11 is 0. The molecule has 0 bridgehead atoms. The minimum Gasteiger partial charge on any atom is -0.354 e. The molecule has 1 aliphatic rings. The molecule has 1 amide bonds. The lowest BCUT2D eigenvalue weighted by atomic mass is 10.0. The first-order valence-corrected chi connectivity index (χ1v) is 14.0. The van der Waals surface area contributed by atoms with E-state index in [1.54, 1.807) is 6.20 Å². The molecule has 36 heavy (non-hydrogen) atoms. The van der Waals surface area contributed by atoms with Crippen molar-refractivity contribution in [3.05, 3.63) is 34.0 Å². The fourth-order valence-electron chi connectivity index (χ4n) is 4.53. The first-order valence-electron chi connectivity index (χ1n) is 14.0. The largest absolute Gasteiger partial charge is 0.354 e. The SMILES string of the molecule is CN1CCN(c2ccc(C(=O)NCCCCCCCCCCCCCCCCO[N+](=O)[O-])cn2)CC1. The maximum atomic E-state index is 12.4. The van der Waals surface area contributed by atoms with E-state index in [1.165, 1.54) is 57.8 Å². The topological polar surface area (TPSA) is 101 Å². The molecule has 2 heterocycles. The van der Waals surface area contributed by atoms with Crippen LogP contribution in [0.15, 0.2) is 18.3 Å². The molecule has 0 aliphatic carbocycles. The summed E-state index contributed by atoms with van der Waals surface area (Å²) in [5, 5.41) is 12.4. The van der Waals surface area contributed by atoms with Crippen LogP contribution in [0.5, 0.6) is 0 Å². The molecule has 9 nitrogen and oxygen atoms in total. The number of carbonyl (C=O) groups excluding carboxylic acids is 1. The first kappa shape index (κ1) is 29.8. The number of piperazine rings is 1. The molecule has 1 aliphatic heterocycles. The molecule has 0 radical (unpaired) electrons. The van der Waals surface area contributed by atoms with Crippen LogP contribution in [-0.4, -0.2) is 67.3 Å². The molecule has 0 saturated carbocycles. The molecule has 1 aromatic heterocycles. The predicted octanol–water partition coefficient (Wildman–Crippen LogP) is 5.23. The number of anilines is 1. The van der Waals surface area contributed by atoms with E-state index in [0.717, 1.165) is 70.6 Å². The summed E-state index contributed by atoms with van der Waals surface area (Å²) in [7, 11) is 2.14. The molecule has 1 aromatic rings.